The van der Waals surface area contributed by atoms with Crippen LogP contribution in [0.15, 0.2) is 54.9 Å². The number of imidazole rings is 1. The molecule has 5 heterocycles. The van der Waals surface area contributed by atoms with E-state index in [9.17, 15) is 4.79 Å². The lowest BCUT2D eigenvalue weighted by atomic mass is 9.95. The van der Waals surface area contributed by atoms with Crippen molar-refractivity contribution in [1.82, 2.24) is 24.5 Å². The van der Waals surface area contributed by atoms with Crippen molar-refractivity contribution in [3.63, 3.8) is 0 Å². The summed E-state index contributed by atoms with van der Waals surface area (Å²) in [5, 5.41) is 6.44. The number of anilines is 2. The third-order valence-corrected chi connectivity index (χ3v) is 8.09. The molecule has 0 aliphatic carbocycles. The number of piperazine rings is 1. The molecule has 2 saturated heterocycles. The summed E-state index contributed by atoms with van der Waals surface area (Å²) < 4.78 is 1.85. The maximum absolute atomic E-state index is 13.2. The Hall–Kier alpha value is -3.17. The number of benzene rings is 1. The van der Waals surface area contributed by atoms with Gasteiger partial charge >= 0.3 is 0 Å². The van der Waals surface area contributed by atoms with Crippen molar-refractivity contribution in [3.05, 3.63) is 59.9 Å². The number of piperidine rings is 1. The molecule has 0 saturated carbocycles. The normalized spacial score (nSPS) is 17.3. The number of pyridine rings is 1. The summed E-state index contributed by atoms with van der Waals surface area (Å²) in [6.45, 7) is 4.86. The van der Waals surface area contributed by atoms with E-state index in [1.807, 2.05) is 64.3 Å². The van der Waals surface area contributed by atoms with E-state index in [4.69, 9.17) is 21.7 Å². The molecule has 180 valence electrons. The number of fused-ring (bicyclic) bond motifs is 1. The number of aromatic nitrogens is 4. The average molecular weight is 508 g/mol. The summed E-state index contributed by atoms with van der Waals surface area (Å²) in [6.07, 6.45) is 5.49. The fourth-order valence-electron chi connectivity index (χ4n) is 4.85. The molecule has 1 amide bonds. The minimum atomic E-state index is 0.0909. The summed E-state index contributed by atoms with van der Waals surface area (Å²) >= 11 is 7.59. The van der Waals surface area contributed by atoms with E-state index in [0.717, 1.165) is 79.3 Å². The molecule has 2 aliphatic heterocycles. The van der Waals surface area contributed by atoms with Crippen LogP contribution in [0.4, 0.5) is 10.9 Å². The number of hydrogen-bond donors (Lipinski definition) is 0. The Morgan fingerprint density at radius 1 is 0.943 bits per heavy atom. The molecule has 0 N–H and O–H groups in total. The number of rotatable bonds is 4. The van der Waals surface area contributed by atoms with Crippen molar-refractivity contribution < 1.29 is 4.79 Å². The number of amides is 1. The van der Waals surface area contributed by atoms with Gasteiger partial charge in [-0.25, -0.2) is 14.5 Å². The topological polar surface area (TPSA) is 69.9 Å². The van der Waals surface area contributed by atoms with E-state index in [1.54, 1.807) is 11.3 Å². The molecule has 0 spiro atoms. The van der Waals surface area contributed by atoms with E-state index in [2.05, 4.69) is 14.8 Å². The quantitative estimate of drug-likeness (QED) is 0.414. The molecule has 0 unspecified atom stereocenters. The van der Waals surface area contributed by atoms with Crippen molar-refractivity contribution in [1.29, 1.82) is 0 Å². The highest BCUT2D eigenvalue weighted by atomic mass is 35.5. The van der Waals surface area contributed by atoms with Crippen LogP contribution in [0.1, 0.15) is 12.8 Å². The largest absolute Gasteiger partial charge is 0.353 e. The zero-order valence-electron chi connectivity index (χ0n) is 19.3. The molecule has 0 atom stereocenters. The van der Waals surface area contributed by atoms with Gasteiger partial charge in [0.25, 0.3) is 0 Å². The van der Waals surface area contributed by atoms with Gasteiger partial charge in [-0.05, 0) is 37.1 Å². The van der Waals surface area contributed by atoms with Crippen LogP contribution in [-0.2, 0) is 4.79 Å². The monoisotopic (exact) mass is 507 g/mol. The Balaban J connectivity index is 1.04. The number of halogens is 1. The Bertz CT molecular complexity index is 1280. The van der Waals surface area contributed by atoms with E-state index >= 15 is 0 Å². The number of carbonyl (C=O) groups is 1. The minimum absolute atomic E-state index is 0.0909. The molecule has 1 aromatic carbocycles. The van der Waals surface area contributed by atoms with Gasteiger partial charge in [0.15, 0.2) is 0 Å². The molecule has 2 fully saturated rings. The fourth-order valence-corrected chi connectivity index (χ4v) is 5.91. The van der Waals surface area contributed by atoms with Crippen LogP contribution in [0.3, 0.4) is 0 Å². The van der Waals surface area contributed by atoms with Gasteiger partial charge in [-0.1, -0.05) is 41.1 Å². The number of nitrogens with zero attached hydrogens (tertiary/aromatic N) is 7. The maximum atomic E-state index is 13.2. The molecule has 4 aromatic rings. The molecule has 3 aromatic heterocycles. The zero-order valence-corrected chi connectivity index (χ0v) is 20.8. The van der Waals surface area contributed by atoms with E-state index in [1.165, 1.54) is 0 Å². The first-order chi connectivity index (χ1) is 17.1. The molecular formula is C25H26ClN7OS. The van der Waals surface area contributed by atoms with Crippen LogP contribution in [0.2, 0.25) is 5.02 Å². The highest BCUT2D eigenvalue weighted by molar-refractivity contribution is 7.20. The molecule has 6 rings (SSSR count). The Kier molecular flexibility index (Phi) is 6.03. The lowest BCUT2D eigenvalue weighted by Gasteiger charge is -2.38. The lowest BCUT2D eigenvalue weighted by Crippen LogP contribution is -2.51. The van der Waals surface area contributed by atoms with Crippen molar-refractivity contribution in [2.24, 2.45) is 5.92 Å². The van der Waals surface area contributed by atoms with Crippen LogP contribution in [0.25, 0.3) is 16.2 Å². The van der Waals surface area contributed by atoms with Gasteiger partial charge in [-0.15, -0.1) is 5.10 Å². The molecule has 2 aliphatic rings. The Morgan fingerprint density at radius 2 is 1.71 bits per heavy atom. The highest BCUT2D eigenvalue weighted by Gasteiger charge is 2.31. The Labute approximate surface area is 212 Å². The molecule has 0 radical (unpaired) electrons. The second kappa shape index (κ2) is 9.47. The van der Waals surface area contributed by atoms with Crippen molar-refractivity contribution in [2.75, 3.05) is 49.1 Å². The van der Waals surface area contributed by atoms with E-state index in [0.29, 0.717) is 10.9 Å². The molecule has 35 heavy (non-hydrogen) atoms. The van der Waals surface area contributed by atoms with Gasteiger partial charge in [0.1, 0.15) is 5.82 Å². The summed E-state index contributed by atoms with van der Waals surface area (Å²) in [5.41, 5.74) is 1.91. The van der Waals surface area contributed by atoms with Crippen LogP contribution in [-0.4, -0.2) is 69.7 Å². The first-order valence-corrected chi connectivity index (χ1v) is 13.2. The highest BCUT2D eigenvalue weighted by Crippen LogP contribution is 2.30. The fraction of sp³-hybridized carbons (Fsp3) is 0.360. The second-order valence-electron chi connectivity index (χ2n) is 9.01. The molecule has 0 bridgehead atoms. The van der Waals surface area contributed by atoms with Crippen LogP contribution < -0.4 is 9.80 Å². The first-order valence-electron chi connectivity index (χ1n) is 12.0. The van der Waals surface area contributed by atoms with Crippen molar-refractivity contribution >= 4 is 44.8 Å². The molecule has 10 heteroatoms. The van der Waals surface area contributed by atoms with Crippen LogP contribution in [0, 0.1) is 5.92 Å². The standard InChI is InChI=1S/C25H26ClN7OS/c26-20-6-4-18(5-7-20)21-17-33-24(28-21)35-25(29-33)32-11-8-19(9-12-32)23(34)31-15-13-30(14-16-31)22-3-1-2-10-27-22/h1-7,10,17,19H,8-9,11-16H2. The number of hydrogen-bond acceptors (Lipinski definition) is 7. The summed E-state index contributed by atoms with van der Waals surface area (Å²) in [4.78, 5) is 29.8. The summed E-state index contributed by atoms with van der Waals surface area (Å²) in [6, 6.07) is 13.6. The molecule has 8 nitrogen and oxygen atoms in total. The summed E-state index contributed by atoms with van der Waals surface area (Å²) in [5.74, 6) is 1.38. The minimum Gasteiger partial charge on any atom is -0.353 e. The zero-order chi connectivity index (χ0) is 23.8. The first kappa shape index (κ1) is 22.3. The van der Waals surface area contributed by atoms with Crippen LogP contribution >= 0.6 is 22.9 Å². The number of carbonyl (C=O) groups excluding carboxylic acids is 1. The van der Waals surface area contributed by atoms with Gasteiger partial charge in [0, 0.05) is 62.0 Å². The molecular weight excluding hydrogens is 482 g/mol. The third kappa shape index (κ3) is 4.58. The predicted octanol–water partition coefficient (Wildman–Crippen LogP) is 4.07. The maximum Gasteiger partial charge on any atom is 0.225 e. The third-order valence-electron chi connectivity index (χ3n) is 6.85. The summed E-state index contributed by atoms with van der Waals surface area (Å²) in [7, 11) is 0. The van der Waals surface area contributed by atoms with Gasteiger partial charge in [-0.2, -0.15) is 0 Å². The van der Waals surface area contributed by atoms with Crippen LogP contribution in [0.5, 0.6) is 0 Å². The van der Waals surface area contributed by atoms with Crippen molar-refractivity contribution in [3.8, 4) is 11.3 Å². The van der Waals surface area contributed by atoms with Gasteiger partial charge in [-0.3, -0.25) is 4.79 Å². The van der Waals surface area contributed by atoms with Crippen molar-refractivity contribution in [2.45, 2.75) is 12.8 Å². The lowest BCUT2D eigenvalue weighted by molar-refractivity contribution is -0.136. The van der Waals surface area contributed by atoms with E-state index in [-0.39, 0.29) is 5.92 Å². The predicted molar refractivity (Wildman–Crippen MR) is 139 cm³/mol. The van der Waals surface area contributed by atoms with Gasteiger partial charge in [0.2, 0.25) is 16.0 Å². The van der Waals surface area contributed by atoms with E-state index < -0.39 is 0 Å². The van der Waals surface area contributed by atoms with Gasteiger partial charge in [0.05, 0.1) is 11.9 Å². The Morgan fingerprint density at radius 3 is 2.40 bits per heavy atom. The average Bonchev–Trinajstić information content (AvgIpc) is 3.49. The smallest absolute Gasteiger partial charge is 0.225 e. The second-order valence-corrected chi connectivity index (χ2v) is 10.4. The van der Waals surface area contributed by atoms with Gasteiger partial charge < -0.3 is 14.7 Å². The SMILES string of the molecule is O=C(C1CCN(c2nn3cc(-c4ccc(Cl)cc4)nc3s2)CC1)N1CCN(c2ccccn2)CC1.